The lowest BCUT2D eigenvalue weighted by molar-refractivity contribution is 0.0954. The Morgan fingerprint density at radius 2 is 1.95 bits per heavy atom. The Kier molecular flexibility index (Phi) is 3.67. The number of aromatic hydroxyl groups is 1. The van der Waals surface area contributed by atoms with E-state index in [2.05, 4.69) is 22.6 Å². The van der Waals surface area contributed by atoms with Crippen molar-refractivity contribution < 1.29 is 14.7 Å². The molecule has 0 aliphatic carbocycles. The number of ketones is 1. The number of anilines is 1. The number of para-hydroxylation sites is 1. The van der Waals surface area contributed by atoms with Crippen LogP contribution in [0.25, 0.3) is 0 Å². The van der Waals surface area contributed by atoms with Crippen LogP contribution in [0.2, 0.25) is 0 Å². The quantitative estimate of drug-likeness (QED) is 0.757. The topological polar surface area (TPSA) is 57.6 Å². The Bertz CT molecular complexity index is 742. The first-order valence-electron chi connectivity index (χ1n) is 6.50. The summed E-state index contributed by atoms with van der Waals surface area (Å²) in [7, 11) is 0. The van der Waals surface area contributed by atoms with Gasteiger partial charge in [0.25, 0.3) is 5.91 Å². The summed E-state index contributed by atoms with van der Waals surface area (Å²) in [4.78, 5) is 26.2. The second-order valence-electron chi connectivity index (χ2n) is 4.81. The van der Waals surface area contributed by atoms with E-state index in [4.69, 9.17) is 0 Å². The van der Waals surface area contributed by atoms with Gasteiger partial charge in [-0.05, 0) is 52.9 Å². The van der Waals surface area contributed by atoms with Gasteiger partial charge in [0.1, 0.15) is 5.75 Å². The molecule has 1 aliphatic heterocycles. The lowest BCUT2D eigenvalue weighted by atomic mass is 9.99. The molecule has 0 spiro atoms. The van der Waals surface area contributed by atoms with Gasteiger partial charge in [-0.15, -0.1) is 0 Å². The summed E-state index contributed by atoms with van der Waals surface area (Å²) < 4.78 is 0.870. The number of carbonyl (C=O) groups is 2. The van der Waals surface area contributed by atoms with Gasteiger partial charge in [0.15, 0.2) is 5.78 Å². The van der Waals surface area contributed by atoms with Gasteiger partial charge in [-0.3, -0.25) is 9.59 Å². The summed E-state index contributed by atoms with van der Waals surface area (Å²) >= 11 is 2.09. The summed E-state index contributed by atoms with van der Waals surface area (Å²) in [6.45, 7) is 0.333. The van der Waals surface area contributed by atoms with Crippen molar-refractivity contribution in [1.29, 1.82) is 0 Å². The number of nitrogens with zero attached hydrogens (tertiary/aromatic N) is 1. The monoisotopic (exact) mass is 393 g/mol. The van der Waals surface area contributed by atoms with Crippen LogP contribution in [0.1, 0.15) is 27.1 Å². The standard InChI is InChI=1S/C16H12INO3/c17-10-5-6-14(19)12(9-10)16(21)18-8-7-15(20)11-3-1-2-4-13(11)18/h1-6,9,19H,7-8H2. The molecule has 2 aromatic rings. The first-order valence-corrected chi connectivity index (χ1v) is 7.58. The molecule has 1 aliphatic rings. The van der Waals surface area contributed by atoms with Crippen LogP contribution in [0.4, 0.5) is 5.69 Å². The van der Waals surface area contributed by atoms with E-state index in [-0.39, 0.29) is 23.0 Å². The van der Waals surface area contributed by atoms with Crippen molar-refractivity contribution in [1.82, 2.24) is 0 Å². The largest absolute Gasteiger partial charge is 0.507 e. The summed E-state index contributed by atoms with van der Waals surface area (Å²) in [5.41, 5.74) is 1.42. The highest BCUT2D eigenvalue weighted by Crippen LogP contribution is 2.30. The molecular weight excluding hydrogens is 381 g/mol. The number of rotatable bonds is 1. The van der Waals surface area contributed by atoms with E-state index >= 15 is 0 Å². The van der Waals surface area contributed by atoms with Crippen molar-refractivity contribution in [2.45, 2.75) is 6.42 Å². The zero-order chi connectivity index (χ0) is 15.0. The van der Waals surface area contributed by atoms with Crippen LogP contribution < -0.4 is 4.90 Å². The third kappa shape index (κ3) is 2.53. The summed E-state index contributed by atoms with van der Waals surface area (Å²) in [5.74, 6) is -0.290. The maximum absolute atomic E-state index is 12.7. The molecule has 0 atom stereocenters. The fourth-order valence-electron chi connectivity index (χ4n) is 2.45. The molecule has 0 saturated heterocycles. The number of hydrogen-bond donors (Lipinski definition) is 1. The van der Waals surface area contributed by atoms with Gasteiger partial charge in [0.05, 0.1) is 11.3 Å². The number of fused-ring (bicyclic) bond motifs is 1. The van der Waals surface area contributed by atoms with Gasteiger partial charge in [-0.1, -0.05) is 12.1 Å². The number of halogens is 1. The summed E-state index contributed by atoms with van der Waals surface area (Å²) in [5, 5.41) is 9.92. The summed E-state index contributed by atoms with van der Waals surface area (Å²) in [6, 6.07) is 12.0. The molecule has 5 heteroatoms. The molecule has 2 aromatic carbocycles. The Balaban J connectivity index is 2.05. The Morgan fingerprint density at radius 1 is 1.19 bits per heavy atom. The fraction of sp³-hybridized carbons (Fsp3) is 0.125. The molecule has 0 bridgehead atoms. The molecule has 4 nitrogen and oxygen atoms in total. The third-order valence-corrected chi connectivity index (χ3v) is 4.16. The lowest BCUT2D eigenvalue weighted by Crippen LogP contribution is -2.37. The van der Waals surface area contributed by atoms with Gasteiger partial charge in [0.2, 0.25) is 0 Å². The van der Waals surface area contributed by atoms with E-state index in [1.54, 1.807) is 41.3 Å². The zero-order valence-corrected chi connectivity index (χ0v) is 13.2. The highest BCUT2D eigenvalue weighted by atomic mass is 127. The van der Waals surface area contributed by atoms with Gasteiger partial charge in [0, 0.05) is 22.1 Å². The Labute approximate surface area is 135 Å². The number of carbonyl (C=O) groups excluding carboxylic acids is 2. The van der Waals surface area contributed by atoms with E-state index in [9.17, 15) is 14.7 Å². The third-order valence-electron chi connectivity index (χ3n) is 3.49. The van der Waals surface area contributed by atoms with E-state index in [0.29, 0.717) is 24.2 Å². The van der Waals surface area contributed by atoms with Crippen LogP contribution in [-0.4, -0.2) is 23.3 Å². The Hall–Kier alpha value is -1.89. The van der Waals surface area contributed by atoms with Crippen molar-refractivity contribution in [3.8, 4) is 5.75 Å². The zero-order valence-electron chi connectivity index (χ0n) is 11.0. The molecular formula is C16H12INO3. The first kappa shape index (κ1) is 14.1. The van der Waals surface area contributed by atoms with E-state index in [1.807, 2.05) is 0 Å². The van der Waals surface area contributed by atoms with Crippen LogP contribution in [0.15, 0.2) is 42.5 Å². The molecule has 0 saturated carbocycles. The van der Waals surface area contributed by atoms with Crippen LogP contribution in [0.5, 0.6) is 5.75 Å². The van der Waals surface area contributed by atoms with E-state index in [1.165, 1.54) is 6.07 Å². The smallest absolute Gasteiger partial charge is 0.262 e. The van der Waals surface area contributed by atoms with Crippen molar-refractivity contribution >= 4 is 40.0 Å². The van der Waals surface area contributed by atoms with Crippen molar-refractivity contribution in [3.63, 3.8) is 0 Å². The van der Waals surface area contributed by atoms with Gasteiger partial charge < -0.3 is 10.0 Å². The number of phenols is 1. The molecule has 0 radical (unpaired) electrons. The molecule has 21 heavy (non-hydrogen) atoms. The van der Waals surface area contributed by atoms with Crippen LogP contribution in [-0.2, 0) is 0 Å². The van der Waals surface area contributed by atoms with Crippen LogP contribution >= 0.6 is 22.6 Å². The average Bonchev–Trinajstić information content (AvgIpc) is 2.50. The van der Waals surface area contributed by atoms with Gasteiger partial charge in [-0.2, -0.15) is 0 Å². The number of hydrogen-bond acceptors (Lipinski definition) is 3. The van der Waals surface area contributed by atoms with E-state index in [0.717, 1.165) is 3.57 Å². The highest BCUT2D eigenvalue weighted by Gasteiger charge is 2.28. The number of phenolic OH excluding ortho intramolecular Hbond substituents is 1. The van der Waals surface area contributed by atoms with Gasteiger partial charge >= 0.3 is 0 Å². The molecule has 0 unspecified atom stereocenters. The SMILES string of the molecule is O=C1CCN(C(=O)c2cc(I)ccc2O)c2ccccc21. The van der Waals surface area contributed by atoms with Crippen LogP contribution in [0.3, 0.4) is 0 Å². The minimum atomic E-state index is -0.286. The lowest BCUT2D eigenvalue weighted by Gasteiger charge is -2.28. The molecule has 106 valence electrons. The van der Waals surface area contributed by atoms with Crippen molar-refractivity contribution in [2.75, 3.05) is 11.4 Å². The number of benzene rings is 2. The number of Topliss-reactive ketones (excluding diaryl/α,β-unsaturated/α-hetero) is 1. The molecule has 1 N–H and O–H groups in total. The molecule has 1 amide bonds. The predicted octanol–water partition coefficient (Wildman–Crippen LogP) is 3.23. The van der Waals surface area contributed by atoms with E-state index < -0.39 is 0 Å². The number of amides is 1. The van der Waals surface area contributed by atoms with Crippen molar-refractivity contribution in [3.05, 3.63) is 57.2 Å². The maximum Gasteiger partial charge on any atom is 0.262 e. The second-order valence-corrected chi connectivity index (χ2v) is 6.05. The second kappa shape index (κ2) is 5.48. The van der Waals surface area contributed by atoms with Crippen molar-refractivity contribution in [2.24, 2.45) is 0 Å². The summed E-state index contributed by atoms with van der Waals surface area (Å²) in [6.07, 6.45) is 0.299. The predicted molar refractivity (Wildman–Crippen MR) is 87.9 cm³/mol. The maximum atomic E-state index is 12.7. The highest BCUT2D eigenvalue weighted by molar-refractivity contribution is 14.1. The average molecular weight is 393 g/mol. The Morgan fingerprint density at radius 3 is 2.76 bits per heavy atom. The molecule has 1 heterocycles. The minimum absolute atomic E-state index is 0.0431. The minimum Gasteiger partial charge on any atom is -0.507 e. The normalized spacial score (nSPS) is 14.0. The van der Waals surface area contributed by atoms with Gasteiger partial charge in [-0.25, -0.2) is 0 Å². The molecule has 0 fully saturated rings. The molecule has 0 aromatic heterocycles. The first-order chi connectivity index (χ1) is 10.1. The fourth-order valence-corrected chi connectivity index (χ4v) is 2.94. The van der Waals surface area contributed by atoms with Crippen LogP contribution in [0, 0.1) is 3.57 Å². The molecule has 3 rings (SSSR count).